The van der Waals surface area contributed by atoms with Crippen LogP contribution in [-0.2, 0) is 6.18 Å². The van der Waals surface area contributed by atoms with Crippen molar-refractivity contribution in [3.05, 3.63) is 53.9 Å². The van der Waals surface area contributed by atoms with Crippen LogP contribution in [-0.4, -0.2) is 45.7 Å². The third-order valence-electron chi connectivity index (χ3n) is 4.66. The Bertz CT molecular complexity index is 1000. The number of anilines is 1. The van der Waals surface area contributed by atoms with Crippen LogP contribution in [0.25, 0.3) is 10.9 Å². The molecule has 7 nitrogen and oxygen atoms in total. The molecule has 3 aromatic rings. The van der Waals surface area contributed by atoms with E-state index in [2.05, 4.69) is 25.8 Å². The molecule has 1 fully saturated rings. The summed E-state index contributed by atoms with van der Waals surface area (Å²) < 4.78 is 40.3. The summed E-state index contributed by atoms with van der Waals surface area (Å²) in [6.45, 7) is 0.890. The van der Waals surface area contributed by atoms with Crippen LogP contribution in [0.15, 0.2) is 42.6 Å². The van der Waals surface area contributed by atoms with Crippen molar-refractivity contribution in [3.8, 4) is 0 Å². The molecule has 1 atom stereocenters. The fourth-order valence-corrected chi connectivity index (χ4v) is 3.35. The summed E-state index contributed by atoms with van der Waals surface area (Å²) in [5.41, 5.74) is -0.269. The molecular weight excluding hydrogens is 373 g/mol. The molecule has 0 radical (unpaired) electrons. The summed E-state index contributed by atoms with van der Waals surface area (Å²) in [6.07, 6.45) is -3.25. The normalized spacial score (nSPS) is 17.7. The molecule has 2 amide bonds. The van der Waals surface area contributed by atoms with Crippen LogP contribution in [0.3, 0.4) is 0 Å². The van der Waals surface area contributed by atoms with Gasteiger partial charge in [0.15, 0.2) is 5.82 Å². The molecule has 4 rings (SSSR count). The SMILES string of the molecule is O=C(Nc1n[nH]c2ccccc12)N1CCNCC1c1ncccc1C(F)(F)F. The number of carbonyl (C=O) groups excluding carboxylic acids is 1. The number of benzene rings is 1. The van der Waals surface area contributed by atoms with E-state index in [4.69, 9.17) is 0 Å². The minimum atomic E-state index is -4.55. The quantitative estimate of drug-likeness (QED) is 0.628. The smallest absolute Gasteiger partial charge is 0.313 e. The number of aromatic nitrogens is 3. The number of nitrogens with zero attached hydrogens (tertiary/aromatic N) is 3. The second kappa shape index (κ2) is 7.12. The number of para-hydroxylation sites is 1. The van der Waals surface area contributed by atoms with Gasteiger partial charge in [-0.2, -0.15) is 18.3 Å². The molecule has 10 heteroatoms. The van der Waals surface area contributed by atoms with E-state index < -0.39 is 23.8 Å². The van der Waals surface area contributed by atoms with Gasteiger partial charge in [-0.05, 0) is 24.3 Å². The van der Waals surface area contributed by atoms with Gasteiger partial charge in [0.25, 0.3) is 0 Å². The lowest BCUT2D eigenvalue weighted by Gasteiger charge is -2.36. The molecule has 2 aromatic heterocycles. The zero-order valence-electron chi connectivity index (χ0n) is 14.6. The third kappa shape index (κ3) is 3.38. The van der Waals surface area contributed by atoms with Gasteiger partial charge >= 0.3 is 12.2 Å². The standard InChI is InChI=1S/C18H17F3N6O/c19-18(20,21)12-5-3-7-23-15(12)14-10-22-8-9-27(14)17(28)24-16-11-4-1-2-6-13(11)25-26-16/h1-7,14,22H,8-10H2,(H2,24,25,26,28). The maximum Gasteiger partial charge on any atom is 0.418 e. The molecule has 1 aliphatic rings. The Morgan fingerprint density at radius 2 is 2.04 bits per heavy atom. The largest absolute Gasteiger partial charge is 0.418 e. The van der Waals surface area contributed by atoms with Crippen LogP contribution in [0.2, 0.25) is 0 Å². The number of pyridine rings is 1. The first-order valence-electron chi connectivity index (χ1n) is 8.68. The van der Waals surface area contributed by atoms with Crippen molar-refractivity contribution >= 4 is 22.8 Å². The molecule has 0 aliphatic carbocycles. The van der Waals surface area contributed by atoms with Crippen LogP contribution in [0.4, 0.5) is 23.8 Å². The Morgan fingerprint density at radius 1 is 1.21 bits per heavy atom. The first-order chi connectivity index (χ1) is 13.4. The summed E-state index contributed by atoms with van der Waals surface area (Å²) >= 11 is 0. The molecule has 28 heavy (non-hydrogen) atoms. The molecule has 0 spiro atoms. The number of hydrogen-bond acceptors (Lipinski definition) is 4. The average Bonchev–Trinajstić information content (AvgIpc) is 3.10. The van der Waals surface area contributed by atoms with E-state index in [0.717, 1.165) is 17.0 Å². The number of urea groups is 1. The van der Waals surface area contributed by atoms with Crippen LogP contribution in [0.5, 0.6) is 0 Å². The van der Waals surface area contributed by atoms with Crippen molar-refractivity contribution < 1.29 is 18.0 Å². The minimum Gasteiger partial charge on any atom is -0.313 e. The van der Waals surface area contributed by atoms with Crippen LogP contribution < -0.4 is 10.6 Å². The molecule has 1 aliphatic heterocycles. The highest BCUT2D eigenvalue weighted by Gasteiger charge is 2.39. The van der Waals surface area contributed by atoms with Crippen LogP contribution in [0, 0.1) is 0 Å². The summed E-state index contributed by atoms with van der Waals surface area (Å²) in [5, 5.41) is 13.4. The van der Waals surface area contributed by atoms with Crippen molar-refractivity contribution in [2.24, 2.45) is 0 Å². The molecule has 1 saturated heterocycles. The first-order valence-corrected chi connectivity index (χ1v) is 8.68. The molecule has 3 N–H and O–H groups in total. The Morgan fingerprint density at radius 3 is 2.86 bits per heavy atom. The van der Waals surface area contributed by atoms with E-state index in [-0.39, 0.29) is 18.8 Å². The van der Waals surface area contributed by atoms with Gasteiger partial charge in [0.2, 0.25) is 0 Å². The predicted octanol–water partition coefficient (Wildman–Crippen LogP) is 3.16. The second-order valence-corrected chi connectivity index (χ2v) is 6.40. The van der Waals surface area contributed by atoms with Gasteiger partial charge in [-0.15, -0.1) is 0 Å². The number of piperazine rings is 1. The van der Waals surface area contributed by atoms with E-state index in [1.54, 1.807) is 6.07 Å². The maximum absolute atomic E-state index is 13.4. The lowest BCUT2D eigenvalue weighted by molar-refractivity contribution is -0.139. The summed E-state index contributed by atoms with van der Waals surface area (Å²) in [7, 11) is 0. The number of fused-ring (bicyclic) bond motifs is 1. The highest BCUT2D eigenvalue weighted by molar-refractivity contribution is 5.99. The van der Waals surface area contributed by atoms with Gasteiger partial charge in [0.05, 0.1) is 22.8 Å². The molecule has 1 unspecified atom stereocenters. The molecule has 1 aromatic carbocycles. The average molecular weight is 390 g/mol. The first kappa shape index (κ1) is 18.2. The van der Waals surface area contributed by atoms with E-state index >= 15 is 0 Å². The number of carbonyl (C=O) groups is 1. The number of halogens is 3. The topological polar surface area (TPSA) is 85.9 Å². The molecular formula is C18H17F3N6O. The van der Waals surface area contributed by atoms with Crippen LogP contribution >= 0.6 is 0 Å². The number of amides is 2. The predicted molar refractivity (Wildman–Crippen MR) is 96.7 cm³/mol. The number of H-pyrrole nitrogens is 1. The monoisotopic (exact) mass is 390 g/mol. The lowest BCUT2D eigenvalue weighted by Crippen LogP contribution is -2.50. The van der Waals surface area contributed by atoms with Gasteiger partial charge in [-0.1, -0.05) is 12.1 Å². The van der Waals surface area contributed by atoms with Crippen molar-refractivity contribution in [1.29, 1.82) is 0 Å². The summed E-state index contributed by atoms with van der Waals surface area (Å²) in [4.78, 5) is 18.2. The summed E-state index contributed by atoms with van der Waals surface area (Å²) in [6, 6.07) is 8.10. The highest BCUT2D eigenvalue weighted by atomic mass is 19.4. The Labute approximate surface area is 157 Å². The van der Waals surface area contributed by atoms with E-state index in [1.807, 2.05) is 18.2 Å². The van der Waals surface area contributed by atoms with Gasteiger partial charge in [0, 0.05) is 31.2 Å². The van der Waals surface area contributed by atoms with Crippen molar-refractivity contribution in [2.75, 3.05) is 25.0 Å². The highest BCUT2D eigenvalue weighted by Crippen LogP contribution is 2.35. The van der Waals surface area contributed by atoms with Gasteiger partial charge < -0.3 is 10.2 Å². The number of hydrogen-bond donors (Lipinski definition) is 3. The molecule has 0 saturated carbocycles. The Hall–Kier alpha value is -3.14. The van der Waals surface area contributed by atoms with Crippen LogP contribution in [0.1, 0.15) is 17.3 Å². The van der Waals surface area contributed by atoms with Gasteiger partial charge in [-0.3, -0.25) is 15.4 Å². The zero-order valence-corrected chi connectivity index (χ0v) is 14.6. The minimum absolute atomic E-state index is 0.175. The molecule has 3 heterocycles. The lowest BCUT2D eigenvalue weighted by atomic mass is 10.0. The number of aromatic amines is 1. The number of rotatable bonds is 2. The maximum atomic E-state index is 13.4. The van der Waals surface area contributed by atoms with Crippen molar-refractivity contribution in [2.45, 2.75) is 12.2 Å². The number of alkyl halides is 3. The zero-order chi connectivity index (χ0) is 19.7. The van der Waals surface area contributed by atoms with Crippen molar-refractivity contribution in [3.63, 3.8) is 0 Å². The number of nitrogens with one attached hydrogen (secondary N) is 3. The fourth-order valence-electron chi connectivity index (χ4n) is 3.35. The Kier molecular flexibility index (Phi) is 4.63. The van der Waals surface area contributed by atoms with Gasteiger partial charge in [-0.25, -0.2) is 4.79 Å². The molecule has 146 valence electrons. The van der Waals surface area contributed by atoms with E-state index in [0.29, 0.717) is 12.4 Å². The van der Waals surface area contributed by atoms with E-state index in [9.17, 15) is 18.0 Å². The Balaban J connectivity index is 1.64. The second-order valence-electron chi connectivity index (χ2n) is 6.40. The fraction of sp³-hybridized carbons (Fsp3) is 0.278. The van der Waals surface area contributed by atoms with Gasteiger partial charge in [0.1, 0.15) is 0 Å². The molecule has 0 bridgehead atoms. The van der Waals surface area contributed by atoms with Crippen molar-refractivity contribution in [1.82, 2.24) is 25.4 Å². The third-order valence-corrected chi connectivity index (χ3v) is 4.66. The summed E-state index contributed by atoms with van der Waals surface area (Å²) in [5.74, 6) is 0.329. The van der Waals surface area contributed by atoms with E-state index in [1.165, 1.54) is 17.2 Å².